The fraction of sp³-hybridized carbons (Fsp3) is 0. The molecular weight excluding hydrogens is 192 g/mol. The highest BCUT2D eigenvalue weighted by Gasteiger charge is 2.04. The molecule has 0 saturated carbocycles. The minimum atomic E-state index is -0.266. The van der Waals surface area contributed by atoms with Crippen LogP contribution in [0.3, 0.4) is 0 Å². The second-order valence-corrected chi connectivity index (χ2v) is 3.12. The minimum Gasteiger partial charge on any atom is -0.311 e. The van der Waals surface area contributed by atoms with E-state index >= 15 is 0 Å². The standard InChI is InChI=1S/C10H6N4O/c15-10-8-9(11-5-12-10)14-7-4-2-1-3-6(7)13-8/h1-5H,(H,11,12,14,15). The number of nitrogens with zero attached hydrogens (tertiary/aromatic N) is 3. The molecule has 0 bridgehead atoms. The summed E-state index contributed by atoms with van der Waals surface area (Å²) in [6.45, 7) is 0. The van der Waals surface area contributed by atoms with E-state index in [0.717, 1.165) is 5.52 Å². The third-order valence-corrected chi connectivity index (χ3v) is 2.15. The normalized spacial score (nSPS) is 10.9. The van der Waals surface area contributed by atoms with Gasteiger partial charge in [-0.25, -0.2) is 15.0 Å². The molecule has 5 heteroatoms. The molecule has 72 valence electrons. The van der Waals surface area contributed by atoms with Crippen LogP contribution in [0.2, 0.25) is 0 Å². The van der Waals surface area contributed by atoms with E-state index in [2.05, 4.69) is 19.9 Å². The van der Waals surface area contributed by atoms with E-state index in [1.54, 1.807) is 0 Å². The quantitative estimate of drug-likeness (QED) is 0.544. The molecule has 2 aromatic heterocycles. The van der Waals surface area contributed by atoms with Gasteiger partial charge in [0.1, 0.15) is 0 Å². The van der Waals surface area contributed by atoms with Crippen LogP contribution in [0.1, 0.15) is 0 Å². The van der Waals surface area contributed by atoms with Gasteiger partial charge in [-0.15, -0.1) is 0 Å². The zero-order valence-corrected chi connectivity index (χ0v) is 7.64. The summed E-state index contributed by atoms with van der Waals surface area (Å²) in [5.74, 6) is 0. The minimum absolute atomic E-state index is 0.266. The van der Waals surface area contributed by atoms with Gasteiger partial charge in [-0.1, -0.05) is 12.1 Å². The maximum atomic E-state index is 11.4. The van der Waals surface area contributed by atoms with Crippen LogP contribution >= 0.6 is 0 Å². The maximum Gasteiger partial charge on any atom is 0.278 e. The Morgan fingerprint density at radius 3 is 2.60 bits per heavy atom. The predicted molar refractivity (Wildman–Crippen MR) is 55.5 cm³/mol. The van der Waals surface area contributed by atoms with Crippen LogP contribution in [-0.2, 0) is 0 Å². The van der Waals surface area contributed by atoms with Crippen LogP contribution in [0.4, 0.5) is 0 Å². The molecule has 0 fully saturated rings. The highest BCUT2D eigenvalue weighted by Crippen LogP contribution is 2.10. The second kappa shape index (κ2) is 2.84. The van der Waals surface area contributed by atoms with Gasteiger partial charge >= 0.3 is 0 Å². The second-order valence-electron chi connectivity index (χ2n) is 3.12. The number of H-pyrrole nitrogens is 1. The van der Waals surface area contributed by atoms with Gasteiger partial charge in [-0.3, -0.25) is 4.79 Å². The lowest BCUT2D eigenvalue weighted by Gasteiger charge is -1.97. The highest BCUT2D eigenvalue weighted by molar-refractivity contribution is 5.83. The Balaban J connectivity index is 2.59. The Labute approximate surface area is 83.8 Å². The Morgan fingerprint density at radius 1 is 1.07 bits per heavy atom. The maximum absolute atomic E-state index is 11.4. The Morgan fingerprint density at radius 2 is 1.80 bits per heavy atom. The van der Waals surface area contributed by atoms with Gasteiger partial charge in [0.05, 0.1) is 17.4 Å². The summed E-state index contributed by atoms with van der Waals surface area (Å²) in [7, 11) is 0. The van der Waals surface area contributed by atoms with Crippen LogP contribution in [-0.4, -0.2) is 19.9 Å². The lowest BCUT2D eigenvalue weighted by molar-refractivity contribution is 1.13. The van der Waals surface area contributed by atoms with Crippen molar-refractivity contribution in [2.75, 3.05) is 0 Å². The van der Waals surface area contributed by atoms with Crippen LogP contribution < -0.4 is 5.56 Å². The molecular formula is C10H6N4O. The van der Waals surface area contributed by atoms with Gasteiger partial charge in [0, 0.05) is 0 Å². The smallest absolute Gasteiger partial charge is 0.278 e. The van der Waals surface area contributed by atoms with Gasteiger partial charge < -0.3 is 4.98 Å². The van der Waals surface area contributed by atoms with Gasteiger partial charge in [0.15, 0.2) is 11.2 Å². The molecule has 2 heterocycles. The number of hydrogen-bond donors (Lipinski definition) is 1. The molecule has 0 atom stereocenters. The molecule has 5 nitrogen and oxygen atoms in total. The van der Waals surface area contributed by atoms with Gasteiger partial charge in [0.2, 0.25) is 0 Å². The summed E-state index contributed by atoms with van der Waals surface area (Å²) in [4.78, 5) is 26.3. The molecule has 1 N–H and O–H groups in total. The fourth-order valence-corrected chi connectivity index (χ4v) is 1.45. The van der Waals surface area contributed by atoms with Gasteiger partial charge in [0.25, 0.3) is 5.56 Å². The van der Waals surface area contributed by atoms with Gasteiger partial charge in [-0.2, -0.15) is 0 Å². The number of nitrogens with one attached hydrogen (secondary N) is 1. The zero-order chi connectivity index (χ0) is 10.3. The molecule has 1 aromatic carbocycles. The van der Waals surface area contributed by atoms with Gasteiger partial charge in [-0.05, 0) is 12.1 Å². The largest absolute Gasteiger partial charge is 0.311 e. The average Bonchev–Trinajstić information content (AvgIpc) is 2.27. The van der Waals surface area contributed by atoms with Crippen molar-refractivity contribution >= 4 is 22.2 Å². The predicted octanol–water partition coefficient (Wildman–Crippen LogP) is 0.866. The number of hydrogen-bond acceptors (Lipinski definition) is 4. The molecule has 0 amide bonds. The van der Waals surface area contributed by atoms with Crippen LogP contribution in [0.5, 0.6) is 0 Å². The molecule has 3 rings (SSSR count). The molecule has 15 heavy (non-hydrogen) atoms. The molecule has 0 saturated heterocycles. The van der Waals surface area contributed by atoms with E-state index in [1.807, 2.05) is 24.3 Å². The van der Waals surface area contributed by atoms with E-state index < -0.39 is 0 Å². The van der Waals surface area contributed by atoms with Crippen molar-refractivity contribution in [1.29, 1.82) is 0 Å². The Kier molecular flexibility index (Phi) is 1.53. The number of benzene rings is 1. The van der Waals surface area contributed by atoms with Crippen molar-refractivity contribution in [3.05, 3.63) is 40.9 Å². The fourth-order valence-electron chi connectivity index (χ4n) is 1.45. The number of fused-ring (bicyclic) bond motifs is 2. The van der Waals surface area contributed by atoms with Crippen LogP contribution in [0, 0.1) is 0 Å². The lowest BCUT2D eigenvalue weighted by atomic mass is 10.3. The summed E-state index contributed by atoms with van der Waals surface area (Å²) in [6.07, 6.45) is 1.33. The first kappa shape index (κ1) is 8.05. The summed E-state index contributed by atoms with van der Waals surface area (Å²) >= 11 is 0. The molecule has 0 aliphatic heterocycles. The first-order chi connectivity index (χ1) is 7.34. The highest BCUT2D eigenvalue weighted by atomic mass is 16.1. The zero-order valence-electron chi connectivity index (χ0n) is 7.64. The Bertz CT molecular complexity index is 704. The first-order valence-corrected chi connectivity index (χ1v) is 4.45. The van der Waals surface area contributed by atoms with Crippen molar-refractivity contribution in [2.45, 2.75) is 0 Å². The van der Waals surface area contributed by atoms with E-state index in [1.165, 1.54) is 6.33 Å². The molecule has 0 unspecified atom stereocenters. The molecule has 3 aromatic rings. The summed E-state index contributed by atoms with van der Waals surface area (Å²) < 4.78 is 0. The third-order valence-electron chi connectivity index (χ3n) is 2.15. The van der Waals surface area contributed by atoms with Crippen molar-refractivity contribution in [3.63, 3.8) is 0 Å². The van der Waals surface area contributed by atoms with E-state index in [9.17, 15) is 4.79 Å². The number of rotatable bonds is 0. The molecule has 0 spiro atoms. The molecule has 0 radical (unpaired) electrons. The SMILES string of the molecule is O=c1[nH]cnc2nc3ccccc3nc12. The van der Waals surface area contributed by atoms with Crippen molar-refractivity contribution < 1.29 is 0 Å². The van der Waals surface area contributed by atoms with E-state index in [-0.39, 0.29) is 11.1 Å². The average molecular weight is 198 g/mol. The van der Waals surface area contributed by atoms with Crippen LogP contribution in [0.25, 0.3) is 22.2 Å². The van der Waals surface area contributed by atoms with E-state index in [4.69, 9.17) is 0 Å². The first-order valence-electron chi connectivity index (χ1n) is 4.45. The topological polar surface area (TPSA) is 71.5 Å². The van der Waals surface area contributed by atoms with Crippen molar-refractivity contribution in [1.82, 2.24) is 19.9 Å². The van der Waals surface area contributed by atoms with E-state index in [0.29, 0.717) is 11.2 Å². The van der Waals surface area contributed by atoms with Crippen molar-refractivity contribution in [3.8, 4) is 0 Å². The summed E-state index contributed by atoms with van der Waals surface area (Å²) in [6, 6.07) is 7.38. The van der Waals surface area contributed by atoms with Crippen LogP contribution in [0.15, 0.2) is 35.4 Å². The lowest BCUT2D eigenvalue weighted by Crippen LogP contribution is -2.09. The molecule has 0 aliphatic rings. The number of para-hydroxylation sites is 2. The Hall–Kier alpha value is -2.30. The number of aromatic amines is 1. The third kappa shape index (κ3) is 1.17. The molecule has 0 aliphatic carbocycles. The number of aromatic nitrogens is 4. The summed E-state index contributed by atoms with van der Waals surface area (Å²) in [5.41, 5.74) is 1.82. The van der Waals surface area contributed by atoms with Crippen molar-refractivity contribution in [2.24, 2.45) is 0 Å². The summed E-state index contributed by atoms with van der Waals surface area (Å²) in [5, 5.41) is 0. The monoisotopic (exact) mass is 198 g/mol.